The summed E-state index contributed by atoms with van der Waals surface area (Å²) in [5.74, 6) is -2.17. The molecule has 0 aromatic carbocycles. The smallest absolute Gasteiger partial charge is 0.333 e. The molecule has 2 rings (SSSR count). The fourth-order valence-corrected chi connectivity index (χ4v) is 22.9. The average molecular weight is 2070 g/mol. The molecule has 18 atom stereocenters. The first-order valence-corrected chi connectivity index (χ1v) is 63.9. The zero-order valence-electron chi connectivity index (χ0n) is 99.5. The molecule has 0 aromatic heterocycles. The predicted octanol–water partition coefficient (Wildman–Crippen LogP) is 37.9. The lowest BCUT2D eigenvalue weighted by Crippen LogP contribution is -2.66. The molecule has 147 heavy (non-hydrogen) atoms. The van der Waals surface area contributed by atoms with Crippen LogP contribution in [0.15, 0.2) is 46.6 Å². The summed E-state index contributed by atoms with van der Waals surface area (Å²) in [6, 6.07) is 0. The van der Waals surface area contributed by atoms with Crippen LogP contribution in [0.5, 0.6) is 0 Å². The van der Waals surface area contributed by atoms with Crippen LogP contribution in [-0.2, 0) is 61.9 Å². The van der Waals surface area contributed by atoms with Crippen LogP contribution in [0, 0.1) is 47.3 Å². The number of unbranched alkanes of at least 4 members (excludes halogenated alkanes) is 67. The van der Waals surface area contributed by atoms with E-state index in [1.54, 1.807) is 27.7 Å². The molecule has 0 spiro atoms. The zero-order chi connectivity index (χ0) is 108. The van der Waals surface area contributed by atoms with Crippen LogP contribution in [0.2, 0.25) is 0 Å². The molecule has 2 heterocycles. The Morgan fingerprint density at radius 2 is 0.463 bits per heavy atom. The maximum atomic E-state index is 15.1. The van der Waals surface area contributed by atoms with Gasteiger partial charge >= 0.3 is 29.8 Å². The first-order valence-electron chi connectivity index (χ1n) is 63.9. The average Bonchev–Trinajstić information content (AvgIpc) is 0.768. The highest BCUT2D eigenvalue weighted by Crippen LogP contribution is 2.37. The van der Waals surface area contributed by atoms with E-state index >= 15 is 9.59 Å². The highest BCUT2D eigenvalue weighted by Gasteiger charge is 2.56. The van der Waals surface area contributed by atoms with Crippen molar-refractivity contribution in [1.29, 1.82) is 0 Å². The van der Waals surface area contributed by atoms with Gasteiger partial charge in [0.1, 0.15) is 31.0 Å². The minimum absolute atomic E-state index is 0.00112. The maximum absolute atomic E-state index is 15.1. The third-order valence-corrected chi connectivity index (χ3v) is 32.0. The quantitative estimate of drug-likeness (QED) is 0.0223. The van der Waals surface area contributed by atoms with E-state index in [1.807, 2.05) is 24.3 Å². The molecule has 0 saturated carbocycles. The fourth-order valence-electron chi connectivity index (χ4n) is 22.9. The van der Waals surface area contributed by atoms with Crippen molar-refractivity contribution in [2.24, 2.45) is 47.3 Å². The standard InChI is InChI=1S/C131H242O16/c1-18-23-28-33-38-43-48-53-57-58-59-64-68-73-75-80-85-90-105(6)95-109(10)99-113(14)126(136)140-104-118-120(134)123(145-128(138)115(16)101-111(12)97-107(8)92-87-82-77-71-66-62-55-50-45-40-35-30-25-20-3)125(143-119(133)94-89-84-79-74-69-60-52-47-42-37-32-27-22-5)131(142-118)147-130-124(146-129(139)116(17)102-112(13)98-108(9)93-88-83-78-72-67-63-56-51-46-41-36-31-26-21-4)121(135)122(117(103-132)141-130)144-127(137)114(15)100-110(11)96-106(7)91-86-81-76-70-65-61-54-49-44-39-34-29-24-19-2/h99-102,105-112,117-118,120-125,130-132,134-135H,18-98,103-104H2,1-17H3/b113-99+,114-100+,115-101+,116-102+/t105-,106-,107-,108-,109-,110-,111-,112-,117?,118?,120+,121?,122+,123?,124-,125+,130+,131+/m0/s1. The molecule has 862 valence electrons. The second-order valence-corrected chi connectivity index (χ2v) is 47.8. The van der Waals surface area contributed by atoms with Crippen LogP contribution < -0.4 is 0 Å². The number of rotatable bonds is 102. The number of aliphatic hydroxyl groups is 3. The summed E-state index contributed by atoms with van der Waals surface area (Å²) in [6.07, 6.45) is 89.5. The van der Waals surface area contributed by atoms with Crippen molar-refractivity contribution in [3.63, 3.8) is 0 Å². The summed E-state index contributed by atoms with van der Waals surface area (Å²) in [5, 5.41) is 37.5. The molecule has 0 bridgehead atoms. The third kappa shape index (κ3) is 74.8. The molecule has 2 fully saturated rings. The molecular weight excluding hydrogens is 1830 g/mol. The Labute approximate surface area is 908 Å². The van der Waals surface area contributed by atoms with Gasteiger partial charge in [0.25, 0.3) is 0 Å². The van der Waals surface area contributed by atoms with Crippen molar-refractivity contribution in [3.8, 4) is 0 Å². The Kier molecular flexibility index (Phi) is 90.4. The van der Waals surface area contributed by atoms with Crippen LogP contribution >= 0.6 is 0 Å². The van der Waals surface area contributed by atoms with Crippen LogP contribution in [0.1, 0.15) is 638 Å². The minimum Gasteiger partial charge on any atom is -0.459 e. The van der Waals surface area contributed by atoms with Gasteiger partial charge in [0.05, 0.1) is 6.61 Å². The highest BCUT2D eigenvalue weighted by molar-refractivity contribution is 5.89. The number of ether oxygens (including phenoxy) is 8. The van der Waals surface area contributed by atoms with Gasteiger partial charge in [0, 0.05) is 28.7 Å². The summed E-state index contributed by atoms with van der Waals surface area (Å²) in [6.45, 7) is 34.2. The molecule has 0 amide bonds. The first-order chi connectivity index (χ1) is 71.2. The van der Waals surface area contributed by atoms with E-state index in [1.165, 1.54) is 405 Å². The molecule has 4 unspecified atom stereocenters. The fraction of sp³-hybridized carbons (Fsp3) is 0.901. The zero-order valence-corrected chi connectivity index (χ0v) is 99.5. The van der Waals surface area contributed by atoms with Gasteiger partial charge in [-0.15, -0.1) is 0 Å². The Hall–Kier alpha value is -3.93. The van der Waals surface area contributed by atoms with Gasteiger partial charge in [-0.2, -0.15) is 0 Å². The topological polar surface area (TPSA) is 220 Å². The van der Waals surface area contributed by atoms with Gasteiger partial charge in [0.2, 0.25) is 12.6 Å². The van der Waals surface area contributed by atoms with Crippen LogP contribution in [0.3, 0.4) is 0 Å². The number of carbonyl (C=O) groups excluding carboxylic acids is 5. The second-order valence-electron chi connectivity index (χ2n) is 47.8. The molecule has 0 radical (unpaired) electrons. The van der Waals surface area contributed by atoms with E-state index in [0.29, 0.717) is 41.2 Å². The molecule has 16 nitrogen and oxygen atoms in total. The monoisotopic (exact) mass is 2070 g/mol. The number of hydrogen-bond acceptors (Lipinski definition) is 16. The first kappa shape index (κ1) is 139. The van der Waals surface area contributed by atoms with Gasteiger partial charge in [-0.1, -0.05) is 596 Å². The largest absolute Gasteiger partial charge is 0.459 e. The predicted molar refractivity (Wildman–Crippen MR) is 619 cm³/mol. The summed E-state index contributed by atoms with van der Waals surface area (Å²) in [4.78, 5) is 74.1. The molecule has 2 aliphatic heterocycles. The third-order valence-electron chi connectivity index (χ3n) is 32.0. The van der Waals surface area contributed by atoms with Gasteiger partial charge < -0.3 is 53.2 Å². The lowest BCUT2D eigenvalue weighted by molar-refractivity contribution is -0.377. The lowest BCUT2D eigenvalue weighted by atomic mass is 9.91. The Morgan fingerprint density at radius 1 is 0.252 bits per heavy atom. The molecule has 2 saturated heterocycles. The Morgan fingerprint density at radius 3 is 0.714 bits per heavy atom. The summed E-state index contributed by atoms with van der Waals surface area (Å²) >= 11 is 0. The Bertz CT molecular complexity index is 3210. The summed E-state index contributed by atoms with van der Waals surface area (Å²) in [7, 11) is 0. The molecular formula is C131H242O16. The normalized spacial score (nSPS) is 20.2. The van der Waals surface area contributed by atoms with E-state index < -0.39 is 104 Å². The molecule has 0 aliphatic carbocycles. The number of aliphatic hydroxyl groups excluding tert-OH is 3. The molecule has 2 aliphatic rings. The highest BCUT2D eigenvalue weighted by atomic mass is 16.8. The van der Waals surface area contributed by atoms with Crippen molar-refractivity contribution < 1.29 is 77.2 Å². The van der Waals surface area contributed by atoms with E-state index in [-0.39, 0.29) is 41.2 Å². The second kappa shape index (κ2) is 95.5. The summed E-state index contributed by atoms with van der Waals surface area (Å²) in [5.41, 5.74) is 1.18. The van der Waals surface area contributed by atoms with Crippen molar-refractivity contribution >= 4 is 29.8 Å². The Balaban J connectivity index is 2.70. The van der Waals surface area contributed by atoms with Gasteiger partial charge in [0.15, 0.2) is 24.4 Å². The van der Waals surface area contributed by atoms with E-state index in [9.17, 15) is 29.7 Å². The van der Waals surface area contributed by atoms with Gasteiger partial charge in [-0.05, 0) is 107 Å². The minimum atomic E-state index is -1.92. The van der Waals surface area contributed by atoms with Crippen molar-refractivity contribution in [3.05, 3.63) is 46.6 Å². The van der Waals surface area contributed by atoms with Gasteiger partial charge in [-0.3, -0.25) is 4.79 Å². The van der Waals surface area contributed by atoms with Crippen molar-refractivity contribution in [2.45, 2.75) is 699 Å². The van der Waals surface area contributed by atoms with Crippen LogP contribution in [-0.4, -0.2) is 120 Å². The van der Waals surface area contributed by atoms with Crippen LogP contribution in [0.25, 0.3) is 0 Å². The van der Waals surface area contributed by atoms with Gasteiger partial charge in [-0.25, -0.2) is 19.2 Å². The summed E-state index contributed by atoms with van der Waals surface area (Å²) < 4.78 is 52.2. The van der Waals surface area contributed by atoms with E-state index in [4.69, 9.17) is 37.9 Å². The maximum Gasteiger partial charge on any atom is 0.333 e. The van der Waals surface area contributed by atoms with Crippen molar-refractivity contribution in [2.75, 3.05) is 13.2 Å². The number of carbonyl (C=O) groups is 5. The van der Waals surface area contributed by atoms with E-state index in [2.05, 4.69) is 90.0 Å². The van der Waals surface area contributed by atoms with Crippen LogP contribution in [0.4, 0.5) is 0 Å². The lowest BCUT2D eigenvalue weighted by Gasteiger charge is -2.47. The molecule has 0 aromatic rings. The molecule has 16 heteroatoms. The number of hydrogen-bond donors (Lipinski definition) is 3. The SMILES string of the molecule is CCCCCCCCCCCCCCCCCCC[C@H](C)C[C@H](C)/C=C(\C)C(=O)OCC1O[C@H](O[C@H]2OC(CO)[C@@H](OC(=O)/C(C)=C/[C@@H](C)C[C@@H](C)CCCCCCCCCCCCCCCC)C(O)[C@@H]2OC(=O)/C(C)=C/[C@@H](C)C[C@@H](C)CCCCCCCCCCCCCCCC)[C@H](OC(=O)CCCCCCCCCCCCCCC)C(OC(=O)/C(C)=C/[C@@H](C)C[C@@H](C)CCCCCCCCCCCCCCCC)[C@@H]1O. The molecule has 3 N–H and O–H groups in total. The van der Waals surface area contributed by atoms with Crippen molar-refractivity contribution in [1.82, 2.24) is 0 Å². The number of allylic oxidation sites excluding steroid dienone is 4. The van der Waals surface area contributed by atoms with E-state index in [0.717, 1.165) is 103 Å². The number of esters is 5.